The van der Waals surface area contributed by atoms with Crippen LogP contribution >= 0.6 is 0 Å². The van der Waals surface area contributed by atoms with Crippen LogP contribution in [-0.4, -0.2) is 36.8 Å². The van der Waals surface area contributed by atoms with Crippen LogP contribution in [0.1, 0.15) is 37.0 Å². The van der Waals surface area contributed by atoms with Crippen LogP contribution in [0.2, 0.25) is 0 Å². The Balaban J connectivity index is 2.32. The summed E-state index contributed by atoms with van der Waals surface area (Å²) < 4.78 is 133. The zero-order valence-electron chi connectivity index (χ0n) is 22.7. The van der Waals surface area contributed by atoms with Crippen LogP contribution in [0.4, 0.5) is 39.5 Å². The molecule has 0 aliphatic heterocycles. The van der Waals surface area contributed by atoms with Gasteiger partial charge < -0.3 is 20.5 Å². The van der Waals surface area contributed by atoms with Gasteiger partial charge in [-0.15, -0.1) is 0 Å². The minimum Gasteiger partial charge on any atom is -0.488 e. The fraction of sp³-hybridized carbons (Fsp3) is 0.345. The number of carbonyl (C=O) groups excluding carboxylic acids is 1. The second-order valence-corrected chi connectivity index (χ2v) is 9.86. The van der Waals surface area contributed by atoms with Gasteiger partial charge in [0.25, 0.3) is 0 Å². The predicted molar refractivity (Wildman–Crippen MR) is 138 cm³/mol. The average Bonchev–Trinajstić information content (AvgIpc) is 2.89. The molecule has 0 fully saturated rings. The standard InChI is InChI=1S/C29H27F9N2O3/c1-16(2)42-25-20(9-6-10-21(25)30)27(15-17-7-4-3-5-8-17,40-24(41)14-23(39)28(34,35)36)19-12-11-18(13-22(19)31)43-29(37,38)26(32)33/h3-13,16,23,26H,14-15,39H2,1-2H3,(H,40,41). The van der Waals surface area contributed by atoms with E-state index in [9.17, 15) is 35.5 Å². The number of carbonyl (C=O) groups is 1. The molecule has 0 saturated heterocycles. The number of para-hydroxylation sites is 1. The number of amides is 1. The molecular weight excluding hydrogens is 595 g/mol. The maximum Gasteiger partial charge on any atom is 0.461 e. The fourth-order valence-electron chi connectivity index (χ4n) is 4.33. The summed E-state index contributed by atoms with van der Waals surface area (Å²) in [5.41, 5.74) is 2.46. The largest absolute Gasteiger partial charge is 0.488 e. The van der Waals surface area contributed by atoms with E-state index in [-0.39, 0.29) is 5.56 Å². The van der Waals surface area contributed by atoms with Crippen LogP contribution in [0, 0.1) is 11.6 Å². The lowest BCUT2D eigenvalue weighted by molar-refractivity contribution is -0.253. The number of hydrogen-bond acceptors (Lipinski definition) is 4. The quantitative estimate of drug-likeness (QED) is 0.216. The molecule has 0 spiro atoms. The lowest BCUT2D eigenvalue weighted by Gasteiger charge is -2.38. The molecule has 2 unspecified atom stereocenters. The van der Waals surface area contributed by atoms with Gasteiger partial charge in [-0.25, -0.2) is 8.78 Å². The molecule has 0 saturated carbocycles. The topological polar surface area (TPSA) is 73.6 Å². The molecule has 0 heterocycles. The third-order valence-electron chi connectivity index (χ3n) is 6.18. The first-order valence-electron chi connectivity index (χ1n) is 12.7. The van der Waals surface area contributed by atoms with E-state index in [4.69, 9.17) is 10.5 Å². The van der Waals surface area contributed by atoms with E-state index in [1.54, 1.807) is 18.2 Å². The first kappa shape index (κ1) is 33.6. The molecule has 43 heavy (non-hydrogen) atoms. The van der Waals surface area contributed by atoms with Gasteiger partial charge in [-0.05, 0) is 37.6 Å². The van der Waals surface area contributed by atoms with Crippen LogP contribution in [0.25, 0.3) is 0 Å². The van der Waals surface area contributed by atoms with Crippen molar-refractivity contribution in [1.82, 2.24) is 5.32 Å². The lowest BCUT2D eigenvalue weighted by Crippen LogP contribution is -2.52. The van der Waals surface area contributed by atoms with E-state index >= 15 is 8.78 Å². The van der Waals surface area contributed by atoms with Crippen LogP contribution in [0.15, 0.2) is 66.7 Å². The Labute approximate surface area is 240 Å². The van der Waals surface area contributed by atoms with E-state index in [2.05, 4.69) is 10.1 Å². The third-order valence-corrected chi connectivity index (χ3v) is 6.18. The second-order valence-electron chi connectivity index (χ2n) is 9.86. The summed E-state index contributed by atoms with van der Waals surface area (Å²) in [7, 11) is 0. The van der Waals surface area contributed by atoms with Gasteiger partial charge in [-0.2, -0.15) is 30.7 Å². The van der Waals surface area contributed by atoms with E-state index in [1.807, 2.05) is 0 Å². The Bertz CT molecular complexity index is 1400. The van der Waals surface area contributed by atoms with Gasteiger partial charge in [0, 0.05) is 23.6 Å². The van der Waals surface area contributed by atoms with Gasteiger partial charge >= 0.3 is 18.7 Å². The number of nitrogens with one attached hydrogen (secondary N) is 1. The van der Waals surface area contributed by atoms with Crippen LogP contribution in [0.5, 0.6) is 11.5 Å². The SMILES string of the molecule is CC(C)Oc1c(F)cccc1C(Cc1ccccc1)(NC(=O)CC(N)C(F)(F)F)c1ccc(OC(F)(F)C(F)F)cc1F. The molecule has 2 atom stereocenters. The van der Waals surface area contributed by atoms with Gasteiger partial charge in [0.1, 0.15) is 23.1 Å². The summed E-state index contributed by atoms with van der Waals surface area (Å²) in [5.74, 6) is -5.22. The maximum atomic E-state index is 15.9. The number of rotatable bonds is 12. The van der Waals surface area contributed by atoms with E-state index in [0.29, 0.717) is 17.7 Å². The zero-order chi connectivity index (χ0) is 32.2. The van der Waals surface area contributed by atoms with Crippen LogP contribution < -0.4 is 20.5 Å². The minimum absolute atomic E-state index is 0.246. The lowest BCUT2D eigenvalue weighted by atomic mass is 9.76. The summed E-state index contributed by atoms with van der Waals surface area (Å²) in [6.45, 7) is 3.07. The molecular formula is C29H27F9N2O3. The zero-order valence-corrected chi connectivity index (χ0v) is 22.7. The summed E-state index contributed by atoms with van der Waals surface area (Å²) in [6.07, 6.45) is -16.7. The fourth-order valence-corrected chi connectivity index (χ4v) is 4.33. The highest BCUT2D eigenvalue weighted by Crippen LogP contribution is 2.43. The molecule has 0 aliphatic rings. The number of hydrogen-bond donors (Lipinski definition) is 2. The molecule has 234 valence electrons. The highest BCUT2D eigenvalue weighted by molar-refractivity contribution is 5.79. The first-order chi connectivity index (χ1) is 20.0. The normalized spacial score (nSPS) is 14.4. The van der Waals surface area contributed by atoms with Crippen LogP contribution in [0.3, 0.4) is 0 Å². The Morgan fingerprint density at radius 3 is 2.09 bits per heavy atom. The van der Waals surface area contributed by atoms with Crippen molar-refractivity contribution in [2.45, 2.75) is 63.1 Å². The smallest absolute Gasteiger partial charge is 0.461 e. The highest BCUT2D eigenvalue weighted by atomic mass is 19.4. The van der Waals surface area contributed by atoms with Gasteiger partial charge in [0.05, 0.1) is 12.5 Å². The molecule has 3 aromatic rings. The number of nitrogens with two attached hydrogens (primary N) is 1. The van der Waals surface area contributed by atoms with Gasteiger partial charge in [-0.1, -0.05) is 42.5 Å². The summed E-state index contributed by atoms with van der Waals surface area (Å²) in [4.78, 5) is 13.2. The Morgan fingerprint density at radius 1 is 0.884 bits per heavy atom. The summed E-state index contributed by atoms with van der Waals surface area (Å²) >= 11 is 0. The summed E-state index contributed by atoms with van der Waals surface area (Å²) in [5, 5.41) is 2.37. The van der Waals surface area contributed by atoms with Crippen molar-refractivity contribution >= 4 is 5.91 Å². The molecule has 0 aliphatic carbocycles. The molecule has 3 N–H and O–H groups in total. The average molecular weight is 623 g/mol. The number of alkyl halides is 7. The van der Waals surface area contributed by atoms with Gasteiger partial charge in [-0.3, -0.25) is 4.79 Å². The third kappa shape index (κ3) is 8.12. The molecule has 0 radical (unpaired) electrons. The second kappa shape index (κ2) is 13.1. The van der Waals surface area contributed by atoms with Crippen molar-refractivity contribution in [3.8, 4) is 11.5 Å². The van der Waals surface area contributed by atoms with Crippen molar-refractivity contribution in [1.29, 1.82) is 0 Å². The highest BCUT2D eigenvalue weighted by Gasteiger charge is 2.46. The van der Waals surface area contributed by atoms with Crippen molar-refractivity contribution in [3.05, 3.63) is 95.1 Å². The molecule has 1 amide bonds. The Hall–Kier alpha value is -3.94. The predicted octanol–water partition coefficient (Wildman–Crippen LogP) is 6.87. The van der Waals surface area contributed by atoms with Crippen molar-refractivity contribution < 1.29 is 53.8 Å². The van der Waals surface area contributed by atoms with E-state index < -0.39 is 83.8 Å². The van der Waals surface area contributed by atoms with Crippen molar-refractivity contribution in [2.75, 3.05) is 0 Å². The number of benzene rings is 3. The van der Waals surface area contributed by atoms with Gasteiger partial charge in [0.2, 0.25) is 5.91 Å². The van der Waals surface area contributed by atoms with E-state index in [0.717, 1.165) is 12.1 Å². The van der Waals surface area contributed by atoms with Crippen LogP contribution in [-0.2, 0) is 16.8 Å². The Morgan fingerprint density at radius 2 is 1.53 bits per heavy atom. The van der Waals surface area contributed by atoms with E-state index in [1.165, 1.54) is 38.1 Å². The number of ether oxygens (including phenoxy) is 2. The molecule has 3 rings (SSSR count). The monoisotopic (exact) mass is 622 g/mol. The molecule has 3 aromatic carbocycles. The molecule has 14 heteroatoms. The van der Waals surface area contributed by atoms with Crippen molar-refractivity contribution in [2.24, 2.45) is 5.73 Å². The van der Waals surface area contributed by atoms with Gasteiger partial charge in [0.15, 0.2) is 11.6 Å². The first-order valence-corrected chi connectivity index (χ1v) is 12.7. The Kier molecular flexibility index (Phi) is 10.3. The maximum absolute atomic E-state index is 15.9. The summed E-state index contributed by atoms with van der Waals surface area (Å²) in [6, 6.07) is 10.5. The minimum atomic E-state index is -4.99. The van der Waals surface area contributed by atoms with Crippen molar-refractivity contribution in [3.63, 3.8) is 0 Å². The number of halogens is 9. The molecule has 5 nitrogen and oxygen atoms in total. The molecule has 0 bridgehead atoms. The molecule has 0 aromatic heterocycles.